The van der Waals surface area contributed by atoms with Crippen molar-refractivity contribution < 1.29 is 27.3 Å². The van der Waals surface area contributed by atoms with E-state index in [4.69, 9.17) is 4.98 Å². The number of rotatable bonds is 4. The van der Waals surface area contributed by atoms with Gasteiger partial charge < -0.3 is 10.2 Å². The SMILES string of the molecule is CC(=Nc1ccc(O)cc1C)c1cccc(C(C)=Nc2ccc(O)cc2C)n1.Cl.[Fe]. The zero-order valence-electron chi connectivity index (χ0n) is 17.2. The Balaban J connectivity index is 0.00000225. The fourth-order valence-corrected chi connectivity index (χ4v) is 2.84. The number of aromatic nitrogens is 1. The summed E-state index contributed by atoms with van der Waals surface area (Å²) in [7, 11) is 0. The van der Waals surface area contributed by atoms with Gasteiger partial charge in [-0.05, 0) is 87.4 Å². The normalized spacial score (nSPS) is 11.5. The van der Waals surface area contributed by atoms with Crippen LogP contribution in [0.3, 0.4) is 0 Å². The third-order valence-corrected chi connectivity index (χ3v) is 4.43. The van der Waals surface area contributed by atoms with Gasteiger partial charge in [0.15, 0.2) is 0 Å². The van der Waals surface area contributed by atoms with Crippen molar-refractivity contribution in [2.24, 2.45) is 9.98 Å². The number of phenolic OH excluding ortho intramolecular Hbond substituents is 2. The van der Waals surface area contributed by atoms with Crippen molar-refractivity contribution >= 4 is 35.2 Å². The molecule has 5 nitrogen and oxygen atoms in total. The number of aliphatic imine (C=N–C) groups is 2. The van der Waals surface area contributed by atoms with Gasteiger partial charge in [0.25, 0.3) is 0 Å². The Bertz CT molecular complexity index is 1010. The van der Waals surface area contributed by atoms with E-state index in [1.165, 1.54) is 0 Å². The summed E-state index contributed by atoms with van der Waals surface area (Å²) in [5, 5.41) is 19.1. The van der Waals surface area contributed by atoms with E-state index in [-0.39, 0.29) is 41.0 Å². The van der Waals surface area contributed by atoms with Crippen LogP contribution in [-0.2, 0) is 17.1 Å². The Labute approximate surface area is 193 Å². The van der Waals surface area contributed by atoms with E-state index in [9.17, 15) is 10.2 Å². The first-order valence-electron chi connectivity index (χ1n) is 9.01. The summed E-state index contributed by atoms with van der Waals surface area (Å²) in [6.07, 6.45) is 0. The second-order valence-corrected chi connectivity index (χ2v) is 6.74. The molecule has 1 heterocycles. The van der Waals surface area contributed by atoms with Crippen molar-refractivity contribution in [3.63, 3.8) is 0 Å². The maximum absolute atomic E-state index is 9.55. The van der Waals surface area contributed by atoms with Gasteiger partial charge in [-0.1, -0.05) is 6.07 Å². The first kappa shape index (κ1) is 25.4. The zero-order chi connectivity index (χ0) is 20.3. The molecule has 0 aliphatic carbocycles. The molecule has 0 amide bonds. The van der Waals surface area contributed by atoms with Gasteiger partial charge in [-0.2, -0.15) is 0 Å². The average Bonchev–Trinajstić information content (AvgIpc) is 2.66. The summed E-state index contributed by atoms with van der Waals surface area (Å²) < 4.78 is 0. The largest absolute Gasteiger partial charge is 0.508 e. The maximum Gasteiger partial charge on any atom is 0.115 e. The molecule has 0 bridgehead atoms. The Morgan fingerprint density at radius 2 is 1.13 bits per heavy atom. The molecule has 0 saturated carbocycles. The summed E-state index contributed by atoms with van der Waals surface area (Å²) in [5.74, 6) is 0.455. The molecule has 2 N–H and O–H groups in total. The molecule has 0 radical (unpaired) electrons. The topological polar surface area (TPSA) is 78.1 Å². The van der Waals surface area contributed by atoms with Crippen LogP contribution in [0.15, 0.2) is 64.6 Å². The number of pyridine rings is 1. The molecule has 0 unspecified atom stereocenters. The molecule has 0 aliphatic rings. The minimum atomic E-state index is 0. The van der Waals surface area contributed by atoms with Crippen LogP contribution in [0.4, 0.5) is 11.4 Å². The number of benzene rings is 2. The van der Waals surface area contributed by atoms with Crippen molar-refractivity contribution in [2.45, 2.75) is 27.7 Å². The van der Waals surface area contributed by atoms with Crippen LogP contribution in [0.5, 0.6) is 11.5 Å². The fraction of sp³-hybridized carbons (Fsp3) is 0.174. The molecular weight excluding hydrogens is 442 g/mol. The first-order valence-corrected chi connectivity index (χ1v) is 9.01. The Hall–Kier alpha value is -2.66. The van der Waals surface area contributed by atoms with E-state index in [1.54, 1.807) is 36.4 Å². The van der Waals surface area contributed by atoms with E-state index >= 15 is 0 Å². The Morgan fingerprint density at radius 1 is 0.733 bits per heavy atom. The van der Waals surface area contributed by atoms with E-state index in [2.05, 4.69) is 9.98 Å². The Kier molecular flexibility index (Phi) is 9.24. The third-order valence-electron chi connectivity index (χ3n) is 4.43. The van der Waals surface area contributed by atoms with E-state index in [1.807, 2.05) is 45.9 Å². The van der Waals surface area contributed by atoms with Crippen molar-refractivity contribution in [3.05, 3.63) is 77.1 Å². The summed E-state index contributed by atoms with van der Waals surface area (Å²) in [5.41, 5.74) is 6.49. The van der Waals surface area contributed by atoms with Gasteiger partial charge in [0.1, 0.15) is 11.5 Å². The first-order chi connectivity index (χ1) is 13.3. The van der Waals surface area contributed by atoms with Gasteiger partial charge in [0.2, 0.25) is 0 Å². The van der Waals surface area contributed by atoms with Gasteiger partial charge in [-0.15, -0.1) is 12.4 Å². The van der Waals surface area contributed by atoms with Gasteiger partial charge in [0.05, 0.1) is 34.2 Å². The molecule has 158 valence electrons. The minimum Gasteiger partial charge on any atom is -0.508 e. The van der Waals surface area contributed by atoms with Gasteiger partial charge in [0, 0.05) is 17.1 Å². The smallest absolute Gasteiger partial charge is 0.115 e. The quantitative estimate of drug-likeness (QED) is 0.377. The van der Waals surface area contributed by atoms with Gasteiger partial charge in [-0.3, -0.25) is 9.98 Å². The van der Waals surface area contributed by atoms with Crippen LogP contribution in [0.25, 0.3) is 0 Å². The predicted molar refractivity (Wildman–Crippen MR) is 121 cm³/mol. The molecule has 2 aromatic carbocycles. The van der Waals surface area contributed by atoms with Crippen LogP contribution in [0.1, 0.15) is 36.4 Å². The van der Waals surface area contributed by atoms with E-state index in [0.717, 1.165) is 45.3 Å². The number of nitrogens with zero attached hydrogens (tertiary/aromatic N) is 3. The fourth-order valence-electron chi connectivity index (χ4n) is 2.84. The van der Waals surface area contributed by atoms with Crippen molar-refractivity contribution in [3.8, 4) is 11.5 Å². The number of halogens is 1. The molecule has 0 fully saturated rings. The summed E-state index contributed by atoms with van der Waals surface area (Å²) in [6, 6.07) is 16.0. The second kappa shape index (κ2) is 10.9. The Morgan fingerprint density at radius 3 is 1.50 bits per heavy atom. The molecule has 1 aromatic heterocycles. The molecule has 3 aromatic rings. The number of aryl methyl sites for hydroxylation is 2. The molecule has 0 saturated heterocycles. The number of hydrogen-bond acceptors (Lipinski definition) is 5. The zero-order valence-corrected chi connectivity index (χ0v) is 19.1. The molecule has 0 aliphatic heterocycles. The van der Waals surface area contributed by atoms with Gasteiger partial charge >= 0.3 is 0 Å². The number of phenols is 2. The molecule has 0 atom stereocenters. The minimum absolute atomic E-state index is 0. The average molecular weight is 466 g/mol. The van der Waals surface area contributed by atoms with E-state index in [0.29, 0.717) is 0 Å². The summed E-state index contributed by atoms with van der Waals surface area (Å²) >= 11 is 0. The number of aromatic hydroxyl groups is 2. The second-order valence-electron chi connectivity index (χ2n) is 6.74. The third kappa shape index (κ3) is 6.17. The van der Waals surface area contributed by atoms with Crippen LogP contribution in [0, 0.1) is 13.8 Å². The standard InChI is InChI=1S/C23H23N3O2.ClH.Fe/c1-14-12-18(27)8-10-20(14)24-16(3)22-6-5-7-23(26-22)17(4)25-21-11-9-19(28)13-15(21)2;;/h5-13,27-28H,1-4H3;1H;. The van der Waals surface area contributed by atoms with Crippen LogP contribution < -0.4 is 0 Å². The van der Waals surface area contributed by atoms with Gasteiger partial charge in [-0.25, -0.2) is 4.98 Å². The summed E-state index contributed by atoms with van der Waals surface area (Å²) in [6.45, 7) is 7.64. The van der Waals surface area contributed by atoms with Crippen LogP contribution in [0.2, 0.25) is 0 Å². The molecule has 3 rings (SSSR count). The van der Waals surface area contributed by atoms with Crippen LogP contribution in [-0.4, -0.2) is 26.6 Å². The maximum atomic E-state index is 9.55. The molecule has 0 spiro atoms. The molecule has 7 heteroatoms. The van der Waals surface area contributed by atoms with Crippen molar-refractivity contribution in [2.75, 3.05) is 0 Å². The summed E-state index contributed by atoms with van der Waals surface area (Å²) in [4.78, 5) is 14.0. The van der Waals surface area contributed by atoms with Crippen LogP contribution >= 0.6 is 12.4 Å². The monoisotopic (exact) mass is 465 g/mol. The van der Waals surface area contributed by atoms with Crippen molar-refractivity contribution in [1.82, 2.24) is 4.98 Å². The molecule has 30 heavy (non-hydrogen) atoms. The van der Waals surface area contributed by atoms with E-state index < -0.39 is 0 Å². The number of hydrogen-bond donors (Lipinski definition) is 2. The predicted octanol–water partition coefficient (Wildman–Crippen LogP) is 5.81. The van der Waals surface area contributed by atoms with Crippen molar-refractivity contribution in [1.29, 1.82) is 0 Å². The molecular formula is C23H24ClFeN3O2.